The summed E-state index contributed by atoms with van der Waals surface area (Å²) in [6.45, 7) is 3.44. The zero-order chi connectivity index (χ0) is 17.6. The number of ether oxygens (including phenoxy) is 1. The van der Waals surface area contributed by atoms with E-state index in [1.807, 2.05) is 18.2 Å². The second-order valence-electron chi connectivity index (χ2n) is 5.80. The van der Waals surface area contributed by atoms with Crippen molar-refractivity contribution >= 4 is 5.91 Å². The molecular formula is C19H22FNO3. The number of nitrogens with one attached hydrogen (secondary N) is 1. The maximum atomic E-state index is 13.6. The van der Waals surface area contributed by atoms with E-state index in [1.165, 1.54) is 12.1 Å². The first-order chi connectivity index (χ1) is 11.4. The number of carbonyl (C=O) groups is 1. The Balaban J connectivity index is 1.98. The Morgan fingerprint density at radius 2 is 1.83 bits per heavy atom. The number of para-hydroxylation sites is 1. The van der Waals surface area contributed by atoms with Crippen LogP contribution in [-0.2, 0) is 10.4 Å². The number of hydrogen-bond donors (Lipinski definition) is 2. The number of benzene rings is 2. The maximum absolute atomic E-state index is 13.6. The van der Waals surface area contributed by atoms with Gasteiger partial charge < -0.3 is 15.2 Å². The highest BCUT2D eigenvalue weighted by molar-refractivity contribution is 5.81. The van der Waals surface area contributed by atoms with E-state index >= 15 is 0 Å². The molecule has 0 heterocycles. The van der Waals surface area contributed by atoms with Crippen molar-refractivity contribution in [3.8, 4) is 5.75 Å². The fourth-order valence-electron chi connectivity index (χ4n) is 2.29. The van der Waals surface area contributed by atoms with Gasteiger partial charge in [0, 0.05) is 0 Å². The second kappa shape index (κ2) is 7.93. The molecule has 0 aromatic heterocycles. The molecule has 0 aliphatic rings. The minimum atomic E-state index is -1.20. The molecule has 2 aromatic carbocycles. The number of hydrogen-bond acceptors (Lipinski definition) is 3. The van der Waals surface area contributed by atoms with Gasteiger partial charge in [-0.2, -0.15) is 0 Å². The van der Waals surface area contributed by atoms with Gasteiger partial charge in [-0.3, -0.25) is 4.79 Å². The quantitative estimate of drug-likeness (QED) is 0.820. The lowest BCUT2D eigenvalue weighted by Gasteiger charge is -2.25. The Kier molecular flexibility index (Phi) is 5.93. The summed E-state index contributed by atoms with van der Waals surface area (Å²) in [7, 11) is 0. The van der Waals surface area contributed by atoms with E-state index in [9.17, 15) is 14.3 Å². The van der Waals surface area contributed by atoms with E-state index in [4.69, 9.17) is 4.74 Å². The minimum absolute atomic E-state index is 0.0347. The van der Waals surface area contributed by atoms with Crippen LogP contribution in [0.2, 0.25) is 0 Å². The Morgan fingerprint density at radius 3 is 2.46 bits per heavy atom. The molecule has 0 radical (unpaired) electrons. The van der Waals surface area contributed by atoms with Crippen molar-refractivity contribution in [2.24, 2.45) is 0 Å². The van der Waals surface area contributed by atoms with Crippen molar-refractivity contribution in [1.82, 2.24) is 5.32 Å². The highest BCUT2D eigenvalue weighted by atomic mass is 19.1. The molecule has 0 saturated heterocycles. The Morgan fingerprint density at radius 1 is 1.21 bits per heavy atom. The van der Waals surface area contributed by atoms with Gasteiger partial charge in [-0.25, -0.2) is 4.39 Å². The molecule has 4 nitrogen and oxygen atoms in total. The third-order valence-electron chi connectivity index (χ3n) is 3.77. The Bertz CT molecular complexity index is 673. The zero-order valence-corrected chi connectivity index (χ0v) is 13.8. The third-order valence-corrected chi connectivity index (χ3v) is 3.77. The smallest absolute Gasteiger partial charge is 0.261 e. The first-order valence-electron chi connectivity index (χ1n) is 7.91. The molecule has 5 heteroatoms. The molecule has 0 aliphatic carbocycles. The highest BCUT2D eigenvalue weighted by Gasteiger charge is 2.26. The predicted molar refractivity (Wildman–Crippen MR) is 90.1 cm³/mol. The highest BCUT2D eigenvalue weighted by Crippen LogP contribution is 2.20. The van der Waals surface area contributed by atoms with Gasteiger partial charge in [-0.15, -0.1) is 0 Å². The normalized spacial score (nSPS) is 14.5. The van der Waals surface area contributed by atoms with E-state index in [1.54, 1.807) is 38.1 Å². The molecule has 2 N–H and O–H groups in total. The molecule has 0 bridgehead atoms. The van der Waals surface area contributed by atoms with Crippen molar-refractivity contribution in [3.05, 3.63) is 66.0 Å². The van der Waals surface area contributed by atoms with Crippen LogP contribution in [0.4, 0.5) is 4.39 Å². The molecule has 24 heavy (non-hydrogen) atoms. The van der Waals surface area contributed by atoms with Crippen molar-refractivity contribution in [2.75, 3.05) is 6.54 Å². The zero-order valence-electron chi connectivity index (χ0n) is 13.8. The van der Waals surface area contributed by atoms with E-state index in [0.717, 1.165) is 0 Å². The molecular weight excluding hydrogens is 309 g/mol. The molecule has 2 atom stereocenters. The van der Waals surface area contributed by atoms with Crippen LogP contribution in [0.3, 0.4) is 0 Å². The monoisotopic (exact) mass is 331 g/mol. The van der Waals surface area contributed by atoms with Gasteiger partial charge >= 0.3 is 0 Å². The standard InChI is InChI=1S/C19H22FNO3/c1-3-16(24-17-12-8-7-11-15(17)20)18(22)21-13-19(2,23)14-9-5-4-6-10-14/h4-12,16,23H,3,13H2,1-2H3,(H,21,22). The first kappa shape index (κ1) is 17.9. The topological polar surface area (TPSA) is 58.6 Å². The lowest BCUT2D eigenvalue weighted by Crippen LogP contribution is -2.44. The van der Waals surface area contributed by atoms with E-state index < -0.39 is 23.4 Å². The van der Waals surface area contributed by atoms with E-state index in [0.29, 0.717) is 12.0 Å². The number of amides is 1. The fraction of sp³-hybridized carbons (Fsp3) is 0.316. The number of aliphatic hydroxyl groups is 1. The summed E-state index contributed by atoms with van der Waals surface area (Å²) in [5.41, 5.74) is -0.499. The summed E-state index contributed by atoms with van der Waals surface area (Å²) >= 11 is 0. The van der Waals surface area contributed by atoms with Crippen molar-refractivity contribution in [1.29, 1.82) is 0 Å². The summed E-state index contributed by atoms with van der Waals surface area (Å²) in [4.78, 5) is 12.3. The van der Waals surface area contributed by atoms with E-state index in [2.05, 4.69) is 5.32 Å². The molecule has 2 unspecified atom stereocenters. The van der Waals surface area contributed by atoms with Crippen LogP contribution in [-0.4, -0.2) is 23.7 Å². The number of carbonyl (C=O) groups excluding carboxylic acids is 1. The van der Waals surface area contributed by atoms with Gasteiger partial charge in [0.05, 0.1) is 6.54 Å². The van der Waals surface area contributed by atoms with Crippen LogP contribution in [0.1, 0.15) is 25.8 Å². The molecule has 2 rings (SSSR count). The average molecular weight is 331 g/mol. The largest absolute Gasteiger partial charge is 0.478 e. The molecule has 0 aliphatic heterocycles. The molecule has 128 valence electrons. The summed E-state index contributed by atoms with van der Waals surface area (Å²) < 4.78 is 19.1. The Hall–Kier alpha value is -2.40. The second-order valence-corrected chi connectivity index (χ2v) is 5.80. The van der Waals surface area contributed by atoms with Gasteiger partial charge in [0.2, 0.25) is 0 Å². The van der Waals surface area contributed by atoms with Crippen LogP contribution in [0.15, 0.2) is 54.6 Å². The Labute approximate surface area is 141 Å². The summed E-state index contributed by atoms with van der Waals surface area (Å²) in [5.74, 6) is -0.869. The van der Waals surface area contributed by atoms with Gasteiger partial charge in [0.1, 0.15) is 5.60 Å². The summed E-state index contributed by atoms with van der Waals surface area (Å²) in [6.07, 6.45) is -0.443. The molecule has 0 saturated carbocycles. The minimum Gasteiger partial charge on any atom is -0.478 e. The number of halogens is 1. The first-order valence-corrected chi connectivity index (χ1v) is 7.91. The van der Waals surface area contributed by atoms with Gasteiger partial charge in [-0.05, 0) is 31.0 Å². The van der Waals surface area contributed by atoms with Crippen LogP contribution >= 0.6 is 0 Å². The molecule has 1 amide bonds. The lowest BCUT2D eigenvalue weighted by molar-refractivity contribution is -0.129. The predicted octanol–water partition coefficient (Wildman–Crippen LogP) is 3.01. The van der Waals surface area contributed by atoms with Crippen LogP contribution < -0.4 is 10.1 Å². The van der Waals surface area contributed by atoms with Crippen molar-refractivity contribution in [2.45, 2.75) is 32.0 Å². The molecule has 0 spiro atoms. The van der Waals surface area contributed by atoms with Gasteiger partial charge in [0.15, 0.2) is 17.7 Å². The van der Waals surface area contributed by atoms with Gasteiger partial charge in [0.25, 0.3) is 5.91 Å². The maximum Gasteiger partial charge on any atom is 0.261 e. The van der Waals surface area contributed by atoms with Crippen LogP contribution in [0.25, 0.3) is 0 Å². The van der Waals surface area contributed by atoms with Crippen LogP contribution in [0, 0.1) is 5.82 Å². The van der Waals surface area contributed by atoms with E-state index in [-0.39, 0.29) is 12.3 Å². The fourth-order valence-corrected chi connectivity index (χ4v) is 2.29. The summed E-state index contributed by atoms with van der Waals surface area (Å²) in [5, 5.41) is 13.2. The van der Waals surface area contributed by atoms with Crippen LogP contribution in [0.5, 0.6) is 5.75 Å². The van der Waals surface area contributed by atoms with Crippen molar-refractivity contribution in [3.63, 3.8) is 0 Å². The molecule has 0 fully saturated rings. The summed E-state index contributed by atoms with van der Waals surface area (Å²) in [6, 6.07) is 15.0. The van der Waals surface area contributed by atoms with Gasteiger partial charge in [-0.1, -0.05) is 49.4 Å². The lowest BCUT2D eigenvalue weighted by atomic mass is 9.96. The van der Waals surface area contributed by atoms with Crippen molar-refractivity contribution < 1.29 is 19.0 Å². The average Bonchev–Trinajstić information content (AvgIpc) is 2.60. The molecule has 2 aromatic rings. The SMILES string of the molecule is CCC(Oc1ccccc1F)C(=O)NCC(C)(O)c1ccccc1. The third kappa shape index (κ3) is 4.55. The number of rotatable bonds is 7.